The molecule has 9 heteroatoms. The van der Waals surface area contributed by atoms with Crippen LogP contribution in [0.25, 0.3) is 0 Å². The van der Waals surface area contributed by atoms with E-state index in [-0.39, 0.29) is 22.0 Å². The Bertz CT molecular complexity index is 968. The zero-order valence-electron chi connectivity index (χ0n) is 14.2. The molecule has 2 heterocycles. The summed E-state index contributed by atoms with van der Waals surface area (Å²) in [5.74, 6) is 2.18. The van der Waals surface area contributed by atoms with E-state index in [1.165, 1.54) is 16.4 Å². The van der Waals surface area contributed by atoms with Gasteiger partial charge < -0.3 is 9.47 Å². The minimum atomic E-state index is -3.69. The summed E-state index contributed by atoms with van der Waals surface area (Å²) in [7, 11) is -3.69. The Morgan fingerprint density at radius 3 is 2.70 bits per heavy atom. The van der Waals surface area contributed by atoms with E-state index in [1.54, 1.807) is 17.8 Å². The second-order valence-electron chi connectivity index (χ2n) is 6.24. The topological polar surface area (TPSA) is 55.8 Å². The van der Waals surface area contributed by atoms with E-state index >= 15 is 0 Å². The molecule has 0 spiro atoms. The Morgan fingerprint density at radius 1 is 1.04 bits per heavy atom. The molecule has 27 heavy (non-hydrogen) atoms. The van der Waals surface area contributed by atoms with Crippen molar-refractivity contribution in [3.8, 4) is 11.5 Å². The number of ether oxygens (including phenoxy) is 2. The van der Waals surface area contributed by atoms with Crippen LogP contribution in [-0.4, -0.2) is 38.4 Å². The van der Waals surface area contributed by atoms with Crippen LogP contribution < -0.4 is 9.47 Å². The molecule has 1 saturated heterocycles. The van der Waals surface area contributed by atoms with Crippen LogP contribution in [0, 0.1) is 0 Å². The molecular formula is C18H17Cl2NO4S2. The molecule has 0 aromatic heterocycles. The van der Waals surface area contributed by atoms with E-state index in [1.807, 2.05) is 18.2 Å². The minimum absolute atomic E-state index is 0.0585. The number of fused-ring (bicyclic) bond motifs is 1. The van der Waals surface area contributed by atoms with Crippen LogP contribution in [-0.2, 0) is 10.0 Å². The van der Waals surface area contributed by atoms with E-state index in [0.29, 0.717) is 30.3 Å². The number of thioether (sulfide) groups is 1. The van der Waals surface area contributed by atoms with Crippen molar-refractivity contribution in [3.05, 3.63) is 52.0 Å². The SMILES string of the molecule is O=S(=O)(c1cc(Cl)ccc1Cl)N1CCSC(c2ccc3c(c2)OCO3)CC1. The van der Waals surface area contributed by atoms with Crippen LogP contribution in [0.4, 0.5) is 0 Å². The molecule has 0 N–H and O–H groups in total. The van der Waals surface area contributed by atoms with Gasteiger partial charge in [0.25, 0.3) is 0 Å². The highest BCUT2D eigenvalue weighted by molar-refractivity contribution is 7.99. The van der Waals surface area contributed by atoms with Gasteiger partial charge in [-0.1, -0.05) is 29.3 Å². The molecule has 0 bridgehead atoms. The molecule has 1 atom stereocenters. The maximum atomic E-state index is 13.0. The molecule has 5 nitrogen and oxygen atoms in total. The number of sulfonamides is 1. The number of halogens is 2. The van der Waals surface area contributed by atoms with Crippen LogP contribution >= 0.6 is 35.0 Å². The highest BCUT2D eigenvalue weighted by Crippen LogP contribution is 2.41. The lowest BCUT2D eigenvalue weighted by Gasteiger charge is -2.21. The highest BCUT2D eigenvalue weighted by atomic mass is 35.5. The van der Waals surface area contributed by atoms with Crippen LogP contribution in [0.15, 0.2) is 41.3 Å². The van der Waals surface area contributed by atoms with Gasteiger partial charge in [0.15, 0.2) is 11.5 Å². The van der Waals surface area contributed by atoms with Crippen LogP contribution in [0.2, 0.25) is 10.0 Å². The lowest BCUT2D eigenvalue weighted by molar-refractivity contribution is 0.174. The highest BCUT2D eigenvalue weighted by Gasteiger charge is 2.30. The van der Waals surface area contributed by atoms with E-state index < -0.39 is 10.0 Å². The number of hydrogen-bond acceptors (Lipinski definition) is 5. The average Bonchev–Trinajstić information content (AvgIpc) is 2.97. The van der Waals surface area contributed by atoms with Crippen molar-refractivity contribution in [1.82, 2.24) is 4.31 Å². The second-order valence-corrected chi connectivity index (χ2v) is 10.3. The number of hydrogen-bond donors (Lipinski definition) is 0. The Balaban J connectivity index is 1.54. The maximum Gasteiger partial charge on any atom is 0.244 e. The van der Waals surface area contributed by atoms with Crippen molar-refractivity contribution in [1.29, 1.82) is 0 Å². The number of benzene rings is 2. The third kappa shape index (κ3) is 3.89. The molecule has 144 valence electrons. The quantitative estimate of drug-likeness (QED) is 0.691. The van der Waals surface area contributed by atoms with E-state index in [0.717, 1.165) is 17.1 Å². The molecule has 2 aliphatic heterocycles. The summed E-state index contributed by atoms with van der Waals surface area (Å²) in [5, 5.41) is 0.721. The molecular weight excluding hydrogens is 429 g/mol. The zero-order valence-corrected chi connectivity index (χ0v) is 17.4. The molecule has 0 radical (unpaired) electrons. The Morgan fingerprint density at radius 2 is 1.85 bits per heavy atom. The zero-order chi connectivity index (χ0) is 19.0. The van der Waals surface area contributed by atoms with Crippen molar-refractivity contribution in [2.24, 2.45) is 0 Å². The Labute approximate surface area is 172 Å². The lowest BCUT2D eigenvalue weighted by Crippen LogP contribution is -2.33. The fraction of sp³-hybridized carbons (Fsp3) is 0.333. The van der Waals surface area contributed by atoms with E-state index in [2.05, 4.69) is 0 Å². The molecule has 2 aromatic rings. The predicted molar refractivity (Wildman–Crippen MR) is 108 cm³/mol. The van der Waals surface area contributed by atoms with Gasteiger partial charge in [-0.25, -0.2) is 8.42 Å². The van der Waals surface area contributed by atoms with Crippen LogP contribution in [0.1, 0.15) is 17.2 Å². The van der Waals surface area contributed by atoms with Gasteiger partial charge in [0.05, 0.1) is 5.02 Å². The van der Waals surface area contributed by atoms with Crippen molar-refractivity contribution < 1.29 is 17.9 Å². The van der Waals surface area contributed by atoms with Gasteiger partial charge in [-0.05, 0) is 42.3 Å². The normalized spacial score (nSPS) is 20.4. The summed E-state index contributed by atoms with van der Waals surface area (Å²) >= 11 is 13.8. The Kier molecular flexibility index (Phi) is 5.49. The monoisotopic (exact) mass is 445 g/mol. The first-order valence-electron chi connectivity index (χ1n) is 8.41. The fourth-order valence-electron chi connectivity index (χ4n) is 3.18. The van der Waals surface area contributed by atoms with Gasteiger partial charge in [-0.3, -0.25) is 0 Å². The van der Waals surface area contributed by atoms with Gasteiger partial charge in [-0.15, -0.1) is 0 Å². The molecule has 4 rings (SSSR count). The number of rotatable bonds is 3. The summed E-state index contributed by atoms with van der Waals surface area (Å²) in [5.41, 5.74) is 1.12. The second kappa shape index (κ2) is 7.72. The van der Waals surface area contributed by atoms with Gasteiger partial charge >= 0.3 is 0 Å². The van der Waals surface area contributed by atoms with Crippen molar-refractivity contribution in [2.75, 3.05) is 25.6 Å². The van der Waals surface area contributed by atoms with Crippen LogP contribution in [0.5, 0.6) is 11.5 Å². The molecule has 2 aromatic carbocycles. The largest absolute Gasteiger partial charge is 0.454 e. The summed E-state index contributed by atoms with van der Waals surface area (Å²) in [4.78, 5) is 0.0585. The fourth-order valence-corrected chi connectivity index (χ4v) is 6.71. The standard InChI is InChI=1S/C18H17Cl2NO4S2/c19-13-2-3-14(20)18(10-13)27(22,23)21-6-5-17(26-8-7-21)12-1-4-15-16(9-12)25-11-24-15/h1-4,9-10,17H,5-8,11H2. The van der Waals surface area contributed by atoms with Gasteiger partial charge in [0.2, 0.25) is 16.8 Å². The van der Waals surface area contributed by atoms with Gasteiger partial charge in [-0.2, -0.15) is 16.1 Å². The first-order valence-corrected chi connectivity index (χ1v) is 11.7. The first-order chi connectivity index (χ1) is 12.9. The van der Waals surface area contributed by atoms with Crippen molar-refractivity contribution >= 4 is 45.0 Å². The van der Waals surface area contributed by atoms with Gasteiger partial charge in [0, 0.05) is 29.1 Å². The van der Waals surface area contributed by atoms with E-state index in [4.69, 9.17) is 32.7 Å². The maximum absolute atomic E-state index is 13.0. The minimum Gasteiger partial charge on any atom is -0.454 e. The molecule has 0 saturated carbocycles. The smallest absolute Gasteiger partial charge is 0.244 e. The molecule has 1 fully saturated rings. The number of nitrogens with zero attached hydrogens (tertiary/aromatic N) is 1. The predicted octanol–water partition coefficient (Wildman–Crippen LogP) is 4.59. The summed E-state index contributed by atoms with van der Waals surface area (Å²) in [6.07, 6.45) is 0.696. The van der Waals surface area contributed by atoms with Crippen molar-refractivity contribution in [2.45, 2.75) is 16.6 Å². The molecule has 0 aliphatic carbocycles. The molecule has 2 aliphatic rings. The lowest BCUT2D eigenvalue weighted by atomic mass is 10.1. The van der Waals surface area contributed by atoms with Crippen LogP contribution in [0.3, 0.4) is 0 Å². The van der Waals surface area contributed by atoms with Crippen molar-refractivity contribution in [3.63, 3.8) is 0 Å². The third-order valence-electron chi connectivity index (χ3n) is 4.58. The Hall–Kier alpha value is -1.12. The summed E-state index contributed by atoms with van der Waals surface area (Å²) in [6, 6.07) is 10.4. The summed E-state index contributed by atoms with van der Waals surface area (Å²) in [6.45, 7) is 1.08. The first kappa shape index (κ1) is 19.2. The van der Waals surface area contributed by atoms with E-state index in [9.17, 15) is 8.42 Å². The summed E-state index contributed by atoms with van der Waals surface area (Å²) < 4.78 is 38.4. The average molecular weight is 446 g/mol. The van der Waals surface area contributed by atoms with Gasteiger partial charge in [0.1, 0.15) is 4.90 Å². The molecule has 0 amide bonds. The molecule has 1 unspecified atom stereocenters. The third-order valence-corrected chi connectivity index (χ3v) is 8.52.